The molecule has 4 heterocycles. The van der Waals surface area contributed by atoms with Gasteiger partial charge in [-0.25, -0.2) is 0 Å². The summed E-state index contributed by atoms with van der Waals surface area (Å²) in [5.74, 6) is -1.50. The van der Waals surface area contributed by atoms with Gasteiger partial charge in [0.2, 0.25) is 5.76 Å². The molecule has 186 valence electrons. The van der Waals surface area contributed by atoms with Crippen LogP contribution in [0.1, 0.15) is 54.1 Å². The zero-order valence-corrected chi connectivity index (χ0v) is 19.2. The molecule has 2 aromatic heterocycles. The van der Waals surface area contributed by atoms with Crippen molar-refractivity contribution in [3.05, 3.63) is 28.8 Å². The lowest BCUT2D eigenvalue weighted by molar-refractivity contribution is -0.137. The third kappa shape index (κ3) is 4.36. The van der Waals surface area contributed by atoms with Crippen molar-refractivity contribution in [2.45, 2.75) is 63.5 Å². The number of carbonyl (C=O) groups is 1. The Bertz CT molecular complexity index is 1060. The SMILES string of the molecule is CC1(C)Cc2oc(C(=O)NCC3CCCO3)c(C(F)(F)F)c2-c2nn(CC3COCCO3)cc21. The number of carbonyl (C=O) groups excluding carboxylic acids is 1. The van der Waals surface area contributed by atoms with E-state index in [-0.39, 0.29) is 42.2 Å². The molecule has 2 aliphatic heterocycles. The van der Waals surface area contributed by atoms with Crippen molar-refractivity contribution in [3.8, 4) is 11.3 Å². The van der Waals surface area contributed by atoms with Gasteiger partial charge in [-0.05, 0) is 12.8 Å². The molecular weight excluding hydrogens is 455 g/mol. The smallest absolute Gasteiger partial charge is 0.420 e. The molecule has 5 rings (SSSR count). The number of hydrogen-bond acceptors (Lipinski definition) is 6. The molecule has 2 saturated heterocycles. The fourth-order valence-corrected chi connectivity index (χ4v) is 4.92. The van der Waals surface area contributed by atoms with Gasteiger partial charge in [-0.1, -0.05) is 13.8 Å². The Hall–Kier alpha value is -2.37. The Morgan fingerprint density at radius 1 is 1.24 bits per heavy atom. The number of aromatic nitrogens is 2. The molecule has 8 nitrogen and oxygen atoms in total. The van der Waals surface area contributed by atoms with Crippen molar-refractivity contribution in [1.29, 1.82) is 0 Å². The van der Waals surface area contributed by atoms with E-state index in [1.807, 2.05) is 13.8 Å². The molecule has 2 aromatic rings. The van der Waals surface area contributed by atoms with Crippen LogP contribution in [0, 0.1) is 0 Å². The zero-order valence-electron chi connectivity index (χ0n) is 19.2. The molecule has 0 aromatic carbocycles. The van der Waals surface area contributed by atoms with E-state index in [9.17, 15) is 18.0 Å². The van der Waals surface area contributed by atoms with Crippen LogP contribution < -0.4 is 5.32 Å². The molecule has 3 aliphatic rings. The maximum Gasteiger partial charge on any atom is 0.420 e. The first-order valence-corrected chi connectivity index (χ1v) is 11.5. The standard InChI is InChI=1S/C23H28F3N3O5/c1-22(2)8-16-17(19-15(22)11-29(28-19)10-14-12-31-6-7-33-14)18(23(24,25)26)20(34-16)21(30)27-9-13-4-3-5-32-13/h11,13-14H,3-10,12H2,1-2H3,(H,27,30). The van der Waals surface area contributed by atoms with Crippen molar-refractivity contribution in [2.75, 3.05) is 33.0 Å². The van der Waals surface area contributed by atoms with E-state index < -0.39 is 28.8 Å². The van der Waals surface area contributed by atoms with Gasteiger partial charge in [0.15, 0.2) is 0 Å². The molecule has 2 unspecified atom stereocenters. The van der Waals surface area contributed by atoms with Gasteiger partial charge in [-0.2, -0.15) is 18.3 Å². The van der Waals surface area contributed by atoms with Crippen LogP contribution >= 0.6 is 0 Å². The molecule has 1 amide bonds. The molecule has 0 bridgehead atoms. The largest absolute Gasteiger partial charge is 0.454 e. The first-order valence-electron chi connectivity index (χ1n) is 11.5. The molecule has 2 atom stereocenters. The van der Waals surface area contributed by atoms with Crippen LogP contribution in [0.4, 0.5) is 13.2 Å². The lowest BCUT2D eigenvalue weighted by Crippen LogP contribution is -2.32. The fraction of sp³-hybridized carbons (Fsp3) is 0.652. The van der Waals surface area contributed by atoms with Crippen molar-refractivity contribution in [1.82, 2.24) is 15.1 Å². The third-order valence-corrected chi connectivity index (χ3v) is 6.59. The number of nitrogens with one attached hydrogen (secondary N) is 1. The van der Waals surface area contributed by atoms with E-state index in [4.69, 9.17) is 18.6 Å². The number of furan rings is 1. The average molecular weight is 483 g/mol. The second-order valence-corrected chi connectivity index (χ2v) is 9.69. The van der Waals surface area contributed by atoms with Crippen LogP contribution in [-0.2, 0) is 38.8 Å². The predicted molar refractivity (Wildman–Crippen MR) is 114 cm³/mol. The Kier molecular flexibility index (Phi) is 5.97. The molecular formula is C23H28F3N3O5. The van der Waals surface area contributed by atoms with Crippen molar-refractivity contribution in [2.24, 2.45) is 0 Å². The Morgan fingerprint density at radius 3 is 2.71 bits per heavy atom. The molecule has 1 aliphatic carbocycles. The minimum absolute atomic E-state index is 0.120. The molecule has 1 N–H and O–H groups in total. The quantitative estimate of drug-likeness (QED) is 0.702. The molecule has 0 radical (unpaired) electrons. The number of ether oxygens (including phenoxy) is 3. The lowest BCUT2D eigenvalue weighted by Gasteiger charge is -2.28. The minimum Gasteiger partial charge on any atom is -0.454 e. The van der Waals surface area contributed by atoms with Crippen molar-refractivity contribution in [3.63, 3.8) is 0 Å². The van der Waals surface area contributed by atoms with Gasteiger partial charge in [0.1, 0.15) is 23.1 Å². The molecule has 2 fully saturated rings. The summed E-state index contributed by atoms with van der Waals surface area (Å²) < 4.78 is 66.7. The summed E-state index contributed by atoms with van der Waals surface area (Å²) in [5.41, 5.74) is -0.891. The lowest BCUT2D eigenvalue weighted by atomic mass is 9.74. The van der Waals surface area contributed by atoms with Gasteiger partial charge < -0.3 is 23.9 Å². The van der Waals surface area contributed by atoms with Crippen LogP contribution in [0.2, 0.25) is 0 Å². The summed E-state index contributed by atoms with van der Waals surface area (Å²) in [4.78, 5) is 12.8. The first-order chi connectivity index (χ1) is 16.1. The van der Waals surface area contributed by atoms with Gasteiger partial charge >= 0.3 is 6.18 Å². The summed E-state index contributed by atoms with van der Waals surface area (Å²) in [5, 5.41) is 7.06. The number of halogens is 3. The Labute approximate surface area is 194 Å². The highest BCUT2D eigenvalue weighted by atomic mass is 19.4. The van der Waals surface area contributed by atoms with Crippen LogP contribution in [0.25, 0.3) is 11.3 Å². The van der Waals surface area contributed by atoms with Gasteiger partial charge in [0.25, 0.3) is 5.91 Å². The van der Waals surface area contributed by atoms with E-state index in [2.05, 4.69) is 10.4 Å². The third-order valence-electron chi connectivity index (χ3n) is 6.59. The van der Waals surface area contributed by atoms with Gasteiger partial charge in [-0.15, -0.1) is 0 Å². The summed E-state index contributed by atoms with van der Waals surface area (Å²) in [7, 11) is 0. The van der Waals surface area contributed by atoms with E-state index in [0.29, 0.717) is 38.5 Å². The average Bonchev–Trinajstić information content (AvgIpc) is 3.50. The number of alkyl halides is 3. The number of fused-ring (bicyclic) bond motifs is 3. The predicted octanol–water partition coefficient (Wildman–Crippen LogP) is 3.32. The van der Waals surface area contributed by atoms with Crippen LogP contribution in [0.3, 0.4) is 0 Å². The van der Waals surface area contributed by atoms with Crippen LogP contribution in [0.15, 0.2) is 10.6 Å². The molecule has 0 saturated carbocycles. The van der Waals surface area contributed by atoms with Crippen molar-refractivity contribution >= 4 is 5.91 Å². The second kappa shape index (κ2) is 8.69. The number of amides is 1. The van der Waals surface area contributed by atoms with E-state index in [1.165, 1.54) is 0 Å². The van der Waals surface area contributed by atoms with Crippen LogP contribution in [-0.4, -0.2) is 60.9 Å². The zero-order chi connectivity index (χ0) is 24.1. The fourth-order valence-electron chi connectivity index (χ4n) is 4.92. The summed E-state index contributed by atoms with van der Waals surface area (Å²) in [6, 6.07) is 0. The summed E-state index contributed by atoms with van der Waals surface area (Å²) in [6.07, 6.45) is -1.63. The monoisotopic (exact) mass is 483 g/mol. The minimum atomic E-state index is -4.80. The van der Waals surface area contributed by atoms with E-state index in [1.54, 1.807) is 10.9 Å². The van der Waals surface area contributed by atoms with E-state index in [0.717, 1.165) is 12.8 Å². The highest BCUT2D eigenvalue weighted by molar-refractivity contribution is 5.96. The molecule has 34 heavy (non-hydrogen) atoms. The Morgan fingerprint density at radius 2 is 2.03 bits per heavy atom. The van der Waals surface area contributed by atoms with Gasteiger partial charge in [-0.3, -0.25) is 9.48 Å². The highest BCUT2D eigenvalue weighted by Gasteiger charge is 2.48. The van der Waals surface area contributed by atoms with Crippen LogP contribution in [0.5, 0.6) is 0 Å². The number of hydrogen-bond donors (Lipinski definition) is 1. The Balaban J connectivity index is 1.51. The highest BCUT2D eigenvalue weighted by Crippen LogP contribution is 2.50. The summed E-state index contributed by atoms with van der Waals surface area (Å²) in [6.45, 7) is 6.30. The van der Waals surface area contributed by atoms with E-state index >= 15 is 0 Å². The first kappa shape index (κ1) is 23.4. The van der Waals surface area contributed by atoms with Gasteiger partial charge in [0.05, 0.1) is 38.0 Å². The van der Waals surface area contributed by atoms with Crippen molar-refractivity contribution < 1.29 is 36.6 Å². The maximum atomic E-state index is 14.3. The molecule has 0 spiro atoms. The second-order valence-electron chi connectivity index (χ2n) is 9.69. The maximum absolute atomic E-state index is 14.3. The van der Waals surface area contributed by atoms with Gasteiger partial charge in [0, 0.05) is 36.7 Å². The number of rotatable bonds is 5. The number of nitrogens with zero attached hydrogens (tertiary/aromatic N) is 2. The summed E-state index contributed by atoms with van der Waals surface area (Å²) >= 11 is 0. The molecule has 11 heteroatoms. The normalized spacial score (nSPS) is 24.0. The topological polar surface area (TPSA) is 87.8 Å².